The molecule has 1 heterocycles. The van der Waals surface area contributed by atoms with E-state index in [0.29, 0.717) is 0 Å². The van der Waals surface area contributed by atoms with E-state index in [4.69, 9.17) is 4.52 Å². The third-order valence-corrected chi connectivity index (χ3v) is 2.68. The standard InChI is InChI=1S/C6H12N3O3P/c1-6(2,3)12-13(10,11)5-4-7-9-8-5/h4H,1-3H3,(H,10,11)(H,7,8,9). The molecule has 1 aromatic heterocycles. The molecule has 1 atom stereocenters. The molecular weight excluding hydrogens is 193 g/mol. The number of hydrogen-bond acceptors (Lipinski definition) is 4. The van der Waals surface area contributed by atoms with Gasteiger partial charge in [0.05, 0.1) is 11.8 Å². The Bertz CT molecular complexity index is 316. The van der Waals surface area contributed by atoms with Crippen LogP contribution in [0.1, 0.15) is 20.8 Å². The third kappa shape index (κ3) is 2.91. The summed E-state index contributed by atoms with van der Waals surface area (Å²) in [6.07, 6.45) is 1.17. The minimum atomic E-state index is -3.82. The Kier molecular flexibility index (Phi) is 2.56. The van der Waals surface area contributed by atoms with E-state index < -0.39 is 13.2 Å². The van der Waals surface area contributed by atoms with Crippen LogP contribution in [0.5, 0.6) is 0 Å². The molecule has 0 amide bonds. The Labute approximate surface area is 75.8 Å². The number of hydrogen-bond donors (Lipinski definition) is 2. The highest BCUT2D eigenvalue weighted by Gasteiger charge is 2.31. The highest BCUT2D eigenvalue weighted by Crippen LogP contribution is 2.43. The minimum absolute atomic E-state index is 0.0672. The van der Waals surface area contributed by atoms with Gasteiger partial charge in [0.1, 0.15) is 0 Å². The van der Waals surface area contributed by atoms with Crippen molar-refractivity contribution >= 4 is 13.0 Å². The van der Waals surface area contributed by atoms with Gasteiger partial charge in [0.25, 0.3) is 0 Å². The zero-order chi connectivity index (χ0) is 10.1. The van der Waals surface area contributed by atoms with E-state index in [1.807, 2.05) is 0 Å². The predicted octanol–water partition coefficient (Wildman–Crippen LogP) is 0.430. The Morgan fingerprint density at radius 1 is 1.62 bits per heavy atom. The first-order chi connectivity index (χ1) is 5.81. The molecule has 1 unspecified atom stereocenters. The van der Waals surface area contributed by atoms with Crippen molar-refractivity contribution in [2.75, 3.05) is 0 Å². The van der Waals surface area contributed by atoms with E-state index in [1.54, 1.807) is 20.8 Å². The monoisotopic (exact) mass is 205 g/mol. The largest absolute Gasteiger partial charge is 0.381 e. The van der Waals surface area contributed by atoms with Gasteiger partial charge in [-0.1, -0.05) is 0 Å². The SMILES string of the molecule is CC(C)(C)OP(=O)(O)c1cn[nH]n1. The Balaban J connectivity index is 2.85. The summed E-state index contributed by atoms with van der Waals surface area (Å²) in [5.41, 5.74) is -0.758. The van der Waals surface area contributed by atoms with Crippen LogP contribution in [0.25, 0.3) is 0 Å². The molecule has 0 bridgehead atoms. The van der Waals surface area contributed by atoms with Crippen molar-refractivity contribution in [1.29, 1.82) is 0 Å². The van der Waals surface area contributed by atoms with Crippen molar-refractivity contribution in [2.45, 2.75) is 26.4 Å². The van der Waals surface area contributed by atoms with Crippen LogP contribution in [0.2, 0.25) is 0 Å². The van der Waals surface area contributed by atoms with Gasteiger partial charge in [0.2, 0.25) is 0 Å². The smallest absolute Gasteiger partial charge is 0.320 e. The molecule has 1 rings (SSSR count). The molecule has 13 heavy (non-hydrogen) atoms. The molecule has 0 spiro atoms. The summed E-state index contributed by atoms with van der Waals surface area (Å²) in [4.78, 5) is 9.42. The van der Waals surface area contributed by atoms with Gasteiger partial charge in [0.15, 0.2) is 5.44 Å². The summed E-state index contributed by atoms with van der Waals surface area (Å²) >= 11 is 0. The summed E-state index contributed by atoms with van der Waals surface area (Å²) < 4.78 is 16.5. The molecule has 0 aliphatic carbocycles. The van der Waals surface area contributed by atoms with E-state index in [2.05, 4.69) is 15.4 Å². The Morgan fingerprint density at radius 3 is 2.62 bits per heavy atom. The van der Waals surface area contributed by atoms with Crippen LogP contribution in [0.15, 0.2) is 6.20 Å². The van der Waals surface area contributed by atoms with Crippen LogP contribution in [0, 0.1) is 0 Å². The van der Waals surface area contributed by atoms with Gasteiger partial charge in [-0.15, -0.1) is 5.10 Å². The minimum Gasteiger partial charge on any atom is -0.320 e. The number of nitrogens with zero attached hydrogens (tertiary/aromatic N) is 2. The first-order valence-electron chi connectivity index (χ1n) is 3.71. The number of rotatable bonds is 2. The normalized spacial score (nSPS) is 16.9. The number of aromatic amines is 1. The number of H-pyrrole nitrogens is 1. The molecule has 2 N–H and O–H groups in total. The van der Waals surface area contributed by atoms with Gasteiger partial charge in [-0.3, -0.25) is 9.09 Å². The Hall–Kier alpha value is -0.710. The molecule has 0 aliphatic heterocycles. The highest BCUT2D eigenvalue weighted by atomic mass is 31.2. The van der Waals surface area contributed by atoms with Gasteiger partial charge in [-0.05, 0) is 20.8 Å². The average Bonchev–Trinajstić information content (AvgIpc) is 2.29. The lowest BCUT2D eigenvalue weighted by Crippen LogP contribution is -2.21. The van der Waals surface area contributed by atoms with Crippen LogP contribution in [0.4, 0.5) is 0 Å². The molecule has 0 saturated heterocycles. The highest BCUT2D eigenvalue weighted by molar-refractivity contribution is 7.61. The number of aromatic nitrogens is 3. The summed E-state index contributed by atoms with van der Waals surface area (Å²) in [5, 5.41) is 9.18. The zero-order valence-corrected chi connectivity index (χ0v) is 8.58. The second kappa shape index (κ2) is 3.21. The van der Waals surface area contributed by atoms with E-state index in [9.17, 15) is 9.46 Å². The fraction of sp³-hybridized carbons (Fsp3) is 0.667. The van der Waals surface area contributed by atoms with Crippen LogP contribution in [-0.4, -0.2) is 25.9 Å². The summed E-state index contributed by atoms with van der Waals surface area (Å²) in [6.45, 7) is 5.07. The van der Waals surface area contributed by atoms with E-state index >= 15 is 0 Å². The van der Waals surface area contributed by atoms with Crippen LogP contribution < -0.4 is 5.44 Å². The Morgan fingerprint density at radius 2 is 2.23 bits per heavy atom. The molecule has 74 valence electrons. The van der Waals surface area contributed by atoms with Crippen molar-refractivity contribution in [3.05, 3.63) is 6.20 Å². The molecule has 1 aromatic rings. The van der Waals surface area contributed by atoms with Crippen molar-refractivity contribution in [3.8, 4) is 0 Å². The van der Waals surface area contributed by atoms with Crippen LogP contribution >= 0.6 is 7.60 Å². The van der Waals surface area contributed by atoms with Gasteiger partial charge >= 0.3 is 7.60 Å². The predicted molar refractivity (Wildman–Crippen MR) is 46.7 cm³/mol. The van der Waals surface area contributed by atoms with E-state index in [0.717, 1.165) is 0 Å². The maximum absolute atomic E-state index is 11.5. The van der Waals surface area contributed by atoms with Crippen LogP contribution in [-0.2, 0) is 9.09 Å². The first kappa shape index (κ1) is 10.4. The molecule has 7 heteroatoms. The van der Waals surface area contributed by atoms with E-state index in [1.165, 1.54) is 6.20 Å². The summed E-state index contributed by atoms with van der Waals surface area (Å²) in [6, 6.07) is 0. The van der Waals surface area contributed by atoms with Gasteiger partial charge in [0, 0.05) is 0 Å². The fourth-order valence-electron chi connectivity index (χ4n) is 0.750. The quantitative estimate of drug-likeness (QED) is 0.683. The fourth-order valence-corrected chi connectivity index (χ4v) is 1.96. The second-order valence-electron chi connectivity index (χ2n) is 3.55. The maximum Gasteiger partial charge on any atom is 0.381 e. The second-order valence-corrected chi connectivity index (χ2v) is 5.23. The lowest BCUT2D eigenvalue weighted by molar-refractivity contribution is 0.116. The van der Waals surface area contributed by atoms with Crippen molar-refractivity contribution in [2.24, 2.45) is 0 Å². The zero-order valence-electron chi connectivity index (χ0n) is 7.68. The maximum atomic E-state index is 11.5. The molecule has 0 aromatic carbocycles. The summed E-state index contributed by atoms with van der Waals surface area (Å²) in [5.74, 6) is 0. The molecular formula is C6H12N3O3P. The van der Waals surface area contributed by atoms with Crippen molar-refractivity contribution < 1.29 is 14.0 Å². The van der Waals surface area contributed by atoms with Gasteiger partial charge in [-0.25, -0.2) is 0 Å². The number of nitrogens with one attached hydrogen (secondary N) is 1. The summed E-state index contributed by atoms with van der Waals surface area (Å²) in [7, 11) is -3.82. The van der Waals surface area contributed by atoms with Gasteiger partial charge in [-0.2, -0.15) is 10.3 Å². The van der Waals surface area contributed by atoms with Crippen LogP contribution in [0.3, 0.4) is 0 Å². The van der Waals surface area contributed by atoms with Crippen molar-refractivity contribution in [3.63, 3.8) is 0 Å². The average molecular weight is 205 g/mol. The van der Waals surface area contributed by atoms with Gasteiger partial charge < -0.3 is 4.89 Å². The van der Waals surface area contributed by atoms with Crippen molar-refractivity contribution in [1.82, 2.24) is 15.4 Å². The molecule has 0 radical (unpaired) electrons. The lowest BCUT2D eigenvalue weighted by Gasteiger charge is -2.21. The lowest BCUT2D eigenvalue weighted by atomic mass is 10.2. The molecule has 0 fully saturated rings. The molecule has 0 aliphatic rings. The topological polar surface area (TPSA) is 88.1 Å². The third-order valence-electron chi connectivity index (χ3n) is 1.09. The van der Waals surface area contributed by atoms with E-state index in [-0.39, 0.29) is 5.44 Å². The first-order valence-corrected chi connectivity index (χ1v) is 5.29. The molecule has 0 saturated carbocycles. The molecule has 6 nitrogen and oxygen atoms in total.